The Morgan fingerprint density at radius 2 is 2.13 bits per heavy atom. The second-order valence-electron chi connectivity index (χ2n) is 4.91. The van der Waals surface area contributed by atoms with E-state index in [1.54, 1.807) is 0 Å². The number of nitrogens with zero attached hydrogens (tertiary/aromatic N) is 1. The van der Waals surface area contributed by atoms with Crippen LogP contribution in [0.15, 0.2) is 16.7 Å². The van der Waals surface area contributed by atoms with Crippen molar-refractivity contribution in [1.29, 1.82) is 0 Å². The Hall–Kier alpha value is -0.570. The second kappa shape index (κ2) is 3.78. The van der Waals surface area contributed by atoms with E-state index in [0.29, 0.717) is 0 Å². The minimum atomic E-state index is 0.156. The molecular formula is C12H17BrN2. The normalized spacial score (nSPS) is 16.5. The Bertz CT molecular complexity index is 370. The molecule has 82 valence electrons. The zero-order valence-electron chi connectivity index (χ0n) is 9.47. The summed E-state index contributed by atoms with van der Waals surface area (Å²) in [7, 11) is 0. The number of hydrogen-bond acceptors (Lipinski definition) is 2. The minimum absolute atomic E-state index is 0.156. The molecule has 0 atom stereocenters. The Kier molecular flexibility index (Phi) is 2.75. The summed E-state index contributed by atoms with van der Waals surface area (Å²) in [6, 6.07) is 2.01. The van der Waals surface area contributed by atoms with Crippen molar-refractivity contribution in [3.8, 4) is 0 Å². The lowest BCUT2D eigenvalue weighted by Gasteiger charge is -2.27. The molecule has 1 N–H and O–H groups in total. The number of halogens is 1. The van der Waals surface area contributed by atoms with Gasteiger partial charge in [-0.3, -0.25) is 0 Å². The molecule has 0 aliphatic heterocycles. The number of aromatic nitrogens is 1. The van der Waals surface area contributed by atoms with Crippen molar-refractivity contribution < 1.29 is 0 Å². The van der Waals surface area contributed by atoms with Crippen molar-refractivity contribution in [2.75, 3.05) is 5.32 Å². The number of anilines is 1. The van der Waals surface area contributed by atoms with E-state index in [1.165, 1.54) is 18.4 Å². The van der Waals surface area contributed by atoms with Crippen LogP contribution in [0.25, 0.3) is 0 Å². The van der Waals surface area contributed by atoms with Crippen molar-refractivity contribution in [3.63, 3.8) is 0 Å². The summed E-state index contributed by atoms with van der Waals surface area (Å²) < 4.78 is 1.08. The van der Waals surface area contributed by atoms with Crippen LogP contribution in [-0.4, -0.2) is 10.5 Å². The maximum atomic E-state index is 4.38. The summed E-state index contributed by atoms with van der Waals surface area (Å²) in [6.07, 6.45) is 4.53. The average molecular weight is 269 g/mol. The highest BCUT2D eigenvalue weighted by Crippen LogP contribution is 2.41. The SMILES string of the molecule is Cc1ccnc(NC(C)(C)C2CC2)c1Br. The summed E-state index contributed by atoms with van der Waals surface area (Å²) >= 11 is 3.58. The van der Waals surface area contributed by atoms with Gasteiger partial charge in [0.1, 0.15) is 5.82 Å². The molecule has 2 nitrogen and oxygen atoms in total. The summed E-state index contributed by atoms with van der Waals surface area (Å²) in [5.41, 5.74) is 1.38. The van der Waals surface area contributed by atoms with Crippen LogP contribution in [-0.2, 0) is 0 Å². The Balaban J connectivity index is 2.20. The van der Waals surface area contributed by atoms with Gasteiger partial charge in [-0.2, -0.15) is 0 Å². The first-order valence-electron chi connectivity index (χ1n) is 5.40. The third-order valence-electron chi connectivity index (χ3n) is 3.12. The Morgan fingerprint density at radius 1 is 1.47 bits per heavy atom. The van der Waals surface area contributed by atoms with Crippen LogP contribution in [0.1, 0.15) is 32.3 Å². The highest BCUT2D eigenvalue weighted by Gasteiger charge is 2.38. The van der Waals surface area contributed by atoms with Crippen molar-refractivity contribution in [2.45, 2.75) is 39.2 Å². The van der Waals surface area contributed by atoms with Gasteiger partial charge >= 0.3 is 0 Å². The smallest absolute Gasteiger partial charge is 0.140 e. The molecule has 1 aromatic rings. The first-order chi connectivity index (χ1) is 7.00. The maximum Gasteiger partial charge on any atom is 0.140 e. The predicted octanol–water partition coefficient (Wildman–Crippen LogP) is 3.75. The van der Waals surface area contributed by atoms with Gasteiger partial charge in [0.2, 0.25) is 0 Å². The molecule has 0 saturated heterocycles. The van der Waals surface area contributed by atoms with Gasteiger partial charge in [-0.05, 0) is 67.1 Å². The molecule has 3 heteroatoms. The largest absolute Gasteiger partial charge is 0.364 e. The number of rotatable bonds is 3. The van der Waals surface area contributed by atoms with Gasteiger partial charge < -0.3 is 5.32 Å². The lowest BCUT2D eigenvalue weighted by Crippen LogP contribution is -2.33. The Morgan fingerprint density at radius 3 is 2.73 bits per heavy atom. The molecule has 0 amide bonds. The van der Waals surface area contributed by atoms with E-state index in [9.17, 15) is 0 Å². The first kappa shape index (κ1) is 10.9. The van der Waals surface area contributed by atoms with Crippen molar-refractivity contribution in [2.24, 2.45) is 5.92 Å². The molecule has 0 radical (unpaired) electrons. The molecule has 2 rings (SSSR count). The highest BCUT2D eigenvalue weighted by atomic mass is 79.9. The molecule has 1 saturated carbocycles. The van der Waals surface area contributed by atoms with Gasteiger partial charge in [0.25, 0.3) is 0 Å². The summed E-state index contributed by atoms with van der Waals surface area (Å²) in [4.78, 5) is 4.38. The molecule has 1 aliphatic carbocycles. The third kappa shape index (κ3) is 2.33. The van der Waals surface area contributed by atoms with Crippen LogP contribution in [0.2, 0.25) is 0 Å². The van der Waals surface area contributed by atoms with Crippen LogP contribution in [0, 0.1) is 12.8 Å². The van der Waals surface area contributed by atoms with Crippen molar-refractivity contribution in [3.05, 3.63) is 22.3 Å². The molecule has 0 spiro atoms. The fourth-order valence-corrected chi connectivity index (χ4v) is 2.17. The van der Waals surface area contributed by atoms with Gasteiger partial charge in [-0.1, -0.05) is 0 Å². The number of pyridine rings is 1. The predicted molar refractivity (Wildman–Crippen MR) is 67.1 cm³/mol. The molecule has 0 aromatic carbocycles. The van der Waals surface area contributed by atoms with Gasteiger partial charge in [-0.15, -0.1) is 0 Å². The van der Waals surface area contributed by atoms with Gasteiger partial charge in [0.15, 0.2) is 0 Å². The van der Waals surface area contributed by atoms with Gasteiger partial charge in [-0.25, -0.2) is 4.98 Å². The quantitative estimate of drug-likeness (QED) is 0.903. The fourth-order valence-electron chi connectivity index (χ4n) is 1.84. The number of hydrogen-bond donors (Lipinski definition) is 1. The van der Waals surface area contributed by atoms with E-state index in [0.717, 1.165) is 16.2 Å². The van der Waals surface area contributed by atoms with Crippen LogP contribution in [0.5, 0.6) is 0 Å². The molecule has 1 heterocycles. The standard InChI is InChI=1S/C12H17BrN2/c1-8-6-7-14-11(10(8)13)15-12(2,3)9-4-5-9/h6-7,9H,4-5H2,1-3H3,(H,14,15). The monoisotopic (exact) mass is 268 g/mol. The third-order valence-corrected chi connectivity index (χ3v) is 4.12. The fraction of sp³-hybridized carbons (Fsp3) is 0.583. The zero-order valence-corrected chi connectivity index (χ0v) is 11.1. The molecule has 1 aliphatic rings. The van der Waals surface area contributed by atoms with Crippen molar-refractivity contribution in [1.82, 2.24) is 4.98 Å². The van der Waals surface area contributed by atoms with Gasteiger partial charge in [0, 0.05) is 11.7 Å². The zero-order chi connectivity index (χ0) is 11.1. The van der Waals surface area contributed by atoms with Crippen LogP contribution < -0.4 is 5.32 Å². The second-order valence-corrected chi connectivity index (χ2v) is 5.70. The summed E-state index contributed by atoms with van der Waals surface area (Å²) in [5, 5.41) is 3.53. The van der Waals surface area contributed by atoms with Crippen LogP contribution >= 0.6 is 15.9 Å². The van der Waals surface area contributed by atoms with E-state index < -0.39 is 0 Å². The van der Waals surface area contributed by atoms with Crippen LogP contribution in [0.3, 0.4) is 0 Å². The van der Waals surface area contributed by atoms with E-state index in [2.05, 4.69) is 47.0 Å². The molecule has 1 aromatic heterocycles. The first-order valence-corrected chi connectivity index (χ1v) is 6.19. The molecular weight excluding hydrogens is 252 g/mol. The lowest BCUT2D eigenvalue weighted by atomic mass is 9.99. The van der Waals surface area contributed by atoms with Crippen LogP contribution in [0.4, 0.5) is 5.82 Å². The average Bonchev–Trinajstić information content (AvgIpc) is 2.95. The van der Waals surface area contributed by atoms with Crippen molar-refractivity contribution >= 4 is 21.7 Å². The lowest BCUT2D eigenvalue weighted by molar-refractivity contribution is 0.492. The van der Waals surface area contributed by atoms with E-state index in [4.69, 9.17) is 0 Å². The van der Waals surface area contributed by atoms with E-state index in [-0.39, 0.29) is 5.54 Å². The Labute approximate surface area is 99.6 Å². The molecule has 0 bridgehead atoms. The van der Waals surface area contributed by atoms with Gasteiger partial charge in [0.05, 0.1) is 4.47 Å². The number of nitrogens with one attached hydrogen (secondary N) is 1. The molecule has 15 heavy (non-hydrogen) atoms. The highest BCUT2D eigenvalue weighted by molar-refractivity contribution is 9.10. The maximum absolute atomic E-state index is 4.38. The number of aryl methyl sites for hydroxylation is 1. The molecule has 1 fully saturated rings. The van der Waals surface area contributed by atoms with E-state index >= 15 is 0 Å². The summed E-state index contributed by atoms with van der Waals surface area (Å²) in [5.74, 6) is 1.76. The topological polar surface area (TPSA) is 24.9 Å². The minimum Gasteiger partial charge on any atom is -0.364 e. The molecule has 0 unspecified atom stereocenters. The summed E-state index contributed by atoms with van der Waals surface area (Å²) in [6.45, 7) is 6.59. The van der Waals surface area contributed by atoms with E-state index in [1.807, 2.05) is 12.3 Å².